The lowest BCUT2D eigenvalue weighted by Crippen LogP contribution is -2.56. The summed E-state index contributed by atoms with van der Waals surface area (Å²) in [6.45, 7) is 4.33. The molecule has 1 rings (SSSR count). The van der Waals surface area contributed by atoms with Gasteiger partial charge in [0.2, 0.25) is 0 Å². The maximum Gasteiger partial charge on any atom is 0.329 e. The van der Waals surface area contributed by atoms with Crippen LogP contribution in [0.15, 0.2) is 0 Å². The van der Waals surface area contributed by atoms with E-state index < -0.39 is 11.5 Å². The van der Waals surface area contributed by atoms with Crippen molar-refractivity contribution in [2.45, 2.75) is 38.3 Å². The third-order valence-corrected chi connectivity index (χ3v) is 3.69. The Morgan fingerprint density at radius 1 is 1.22 bits per heavy atom. The molecule has 0 atom stereocenters. The van der Waals surface area contributed by atoms with Crippen molar-refractivity contribution < 1.29 is 19.4 Å². The molecule has 6 heteroatoms. The Hall–Kier alpha value is -1.30. The molecule has 6 nitrogen and oxygen atoms in total. The fourth-order valence-electron chi connectivity index (χ4n) is 1.85. The van der Waals surface area contributed by atoms with Crippen LogP contribution in [0.2, 0.25) is 0 Å². The van der Waals surface area contributed by atoms with Crippen molar-refractivity contribution in [3.05, 3.63) is 0 Å². The van der Waals surface area contributed by atoms with Gasteiger partial charge in [-0.25, -0.2) is 9.59 Å². The number of hydrogen-bond donors (Lipinski definition) is 1. The molecule has 0 aromatic carbocycles. The summed E-state index contributed by atoms with van der Waals surface area (Å²) in [4.78, 5) is 26.3. The van der Waals surface area contributed by atoms with Crippen LogP contribution in [-0.2, 0) is 9.53 Å². The molecule has 0 aromatic heterocycles. The number of ether oxygens (including phenoxy) is 1. The Morgan fingerprint density at radius 3 is 2.17 bits per heavy atom. The second kappa shape index (κ2) is 5.56. The van der Waals surface area contributed by atoms with E-state index in [-0.39, 0.29) is 12.1 Å². The summed E-state index contributed by atoms with van der Waals surface area (Å²) < 4.78 is 5.25. The average molecular weight is 258 g/mol. The van der Waals surface area contributed by atoms with Gasteiger partial charge in [0, 0.05) is 33.4 Å². The highest BCUT2D eigenvalue weighted by molar-refractivity contribution is 5.85. The number of urea groups is 1. The van der Waals surface area contributed by atoms with E-state index in [4.69, 9.17) is 9.84 Å². The van der Waals surface area contributed by atoms with E-state index >= 15 is 0 Å². The van der Waals surface area contributed by atoms with Crippen molar-refractivity contribution in [2.24, 2.45) is 0 Å². The van der Waals surface area contributed by atoms with Crippen molar-refractivity contribution in [1.29, 1.82) is 0 Å². The largest absolute Gasteiger partial charge is 0.480 e. The van der Waals surface area contributed by atoms with Gasteiger partial charge in [-0.1, -0.05) is 0 Å². The van der Waals surface area contributed by atoms with Gasteiger partial charge in [0.1, 0.15) is 5.54 Å². The molecular formula is C12H22N2O4. The molecule has 104 valence electrons. The summed E-state index contributed by atoms with van der Waals surface area (Å²) in [6.07, 6.45) is 1.59. The number of carboxylic acid groups (broad SMARTS) is 1. The first-order valence-electron chi connectivity index (χ1n) is 6.10. The highest BCUT2D eigenvalue weighted by atomic mass is 16.5. The van der Waals surface area contributed by atoms with Gasteiger partial charge in [0.15, 0.2) is 0 Å². The lowest BCUT2D eigenvalue weighted by molar-refractivity contribution is -0.147. The number of likely N-dealkylation sites (N-methyl/N-ethyl adjacent to an activating group) is 1. The number of carboxylic acids is 1. The van der Waals surface area contributed by atoms with Gasteiger partial charge in [0.25, 0.3) is 0 Å². The summed E-state index contributed by atoms with van der Waals surface area (Å²) in [5, 5.41) is 9.12. The van der Waals surface area contributed by atoms with E-state index in [0.717, 1.165) is 12.8 Å². The van der Waals surface area contributed by atoms with Crippen LogP contribution in [0.1, 0.15) is 26.7 Å². The summed E-state index contributed by atoms with van der Waals surface area (Å²) in [5.74, 6) is -1.02. The molecule has 1 N–H and O–H groups in total. The molecule has 0 unspecified atom stereocenters. The predicted octanol–water partition coefficient (Wildman–Crippen LogP) is 1.01. The topological polar surface area (TPSA) is 70.1 Å². The van der Waals surface area contributed by atoms with Crippen LogP contribution in [0.3, 0.4) is 0 Å². The van der Waals surface area contributed by atoms with E-state index in [9.17, 15) is 9.59 Å². The number of rotatable bonds is 3. The first-order valence-corrected chi connectivity index (χ1v) is 6.10. The Bertz CT molecular complexity index is 324. The third kappa shape index (κ3) is 2.93. The molecule has 1 saturated heterocycles. The molecule has 1 aliphatic rings. The van der Waals surface area contributed by atoms with E-state index in [1.165, 1.54) is 25.8 Å². The van der Waals surface area contributed by atoms with Crippen molar-refractivity contribution in [1.82, 2.24) is 9.80 Å². The number of amides is 2. The summed E-state index contributed by atoms with van der Waals surface area (Å²) in [7, 11) is 3.24. The quantitative estimate of drug-likeness (QED) is 0.820. The van der Waals surface area contributed by atoms with E-state index in [0.29, 0.717) is 13.2 Å². The van der Waals surface area contributed by atoms with Crippen molar-refractivity contribution in [2.75, 3.05) is 27.3 Å². The van der Waals surface area contributed by atoms with Crippen LogP contribution in [0.25, 0.3) is 0 Å². The molecule has 0 spiro atoms. The van der Waals surface area contributed by atoms with Crippen molar-refractivity contribution >= 4 is 12.0 Å². The molecule has 1 aliphatic heterocycles. The fraction of sp³-hybridized carbons (Fsp3) is 0.833. The zero-order valence-corrected chi connectivity index (χ0v) is 11.5. The van der Waals surface area contributed by atoms with Crippen LogP contribution >= 0.6 is 0 Å². The Balaban J connectivity index is 2.70. The van der Waals surface area contributed by atoms with Gasteiger partial charge in [-0.15, -0.1) is 0 Å². The second-order valence-corrected chi connectivity index (χ2v) is 5.16. The Kier molecular flexibility index (Phi) is 4.56. The predicted molar refractivity (Wildman–Crippen MR) is 66.5 cm³/mol. The zero-order chi connectivity index (χ0) is 13.9. The first-order chi connectivity index (χ1) is 8.28. The second-order valence-electron chi connectivity index (χ2n) is 5.16. The fourth-order valence-corrected chi connectivity index (χ4v) is 1.85. The number of carbonyl (C=O) groups is 2. The molecule has 1 heterocycles. The molecule has 18 heavy (non-hydrogen) atoms. The normalized spacial score (nSPS) is 17.3. The summed E-state index contributed by atoms with van der Waals surface area (Å²) in [5.41, 5.74) is -1.21. The minimum absolute atomic E-state index is 0.123. The first kappa shape index (κ1) is 14.8. The molecule has 2 amide bonds. The van der Waals surface area contributed by atoms with Gasteiger partial charge < -0.3 is 19.6 Å². The van der Waals surface area contributed by atoms with Crippen LogP contribution in [0, 0.1) is 0 Å². The van der Waals surface area contributed by atoms with Crippen LogP contribution in [0.5, 0.6) is 0 Å². The van der Waals surface area contributed by atoms with Gasteiger partial charge >= 0.3 is 12.0 Å². The van der Waals surface area contributed by atoms with Crippen LogP contribution < -0.4 is 0 Å². The molecule has 0 aliphatic carbocycles. The van der Waals surface area contributed by atoms with Crippen molar-refractivity contribution in [3.63, 3.8) is 0 Å². The smallest absolute Gasteiger partial charge is 0.329 e. The molecule has 0 saturated carbocycles. The lowest BCUT2D eigenvalue weighted by atomic mass is 10.0. The van der Waals surface area contributed by atoms with E-state index in [1.807, 2.05) is 0 Å². The minimum Gasteiger partial charge on any atom is -0.480 e. The lowest BCUT2D eigenvalue weighted by Gasteiger charge is -2.38. The molecule has 0 radical (unpaired) electrons. The number of nitrogens with zero attached hydrogens (tertiary/aromatic N) is 2. The zero-order valence-electron chi connectivity index (χ0n) is 11.5. The third-order valence-electron chi connectivity index (χ3n) is 3.69. The minimum atomic E-state index is -1.21. The highest BCUT2D eigenvalue weighted by Gasteiger charge is 2.37. The SMILES string of the molecule is CN(C(=O)N(C)C(C)(C)C(=O)O)C1CCOCC1. The summed E-state index contributed by atoms with van der Waals surface area (Å²) in [6, 6.07) is -0.146. The molecular weight excluding hydrogens is 236 g/mol. The van der Waals surface area contributed by atoms with Gasteiger partial charge in [-0.2, -0.15) is 0 Å². The van der Waals surface area contributed by atoms with Crippen molar-refractivity contribution in [3.8, 4) is 0 Å². The Labute approximate surface area is 107 Å². The average Bonchev–Trinajstić information content (AvgIpc) is 2.36. The highest BCUT2D eigenvalue weighted by Crippen LogP contribution is 2.19. The molecule has 0 bridgehead atoms. The Morgan fingerprint density at radius 2 is 1.72 bits per heavy atom. The standard InChI is InChI=1S/C12H22N2O4/c1-12(2,10(15)16)14(4)11(17)13(3)9-5-7-18-8-6-9/h9H,5-8H2,1-4H3,(H,15,16). The maximum atomic E-state index is 12.2. The number of hydrogen-bond acceptors (Lipinski definition) is 3. The molecule has 0 aromatic rings. The van der Waals surface area contributed by atoms with Gasteiger partial charge in [0.05, 0.1) is 0 Å². The van der Waals surface area contributed by atoms with Crippen LogP contribution in [-0.4, -0.2) is 65.8 Å². The maximum absolute atomic E-state index is 12.2. The monoisotopic (exact) mass is 258 g/mol. The number of aliphatic carboxylic acids is 1. The van der Waals surface area contributed by atoms with Crippen LogP contribution in [0.4, 0.5) is 4.79 Å². The molecule has 1 fully saturated rings. The summed E-state index contributed by atoms with van der Waals surface area (Å²) >= 11 is 0. The van der Waals surface area contributed by atoms with E-state index in [1.54, 1.807) is 11.9 Å². The number of carbonyl (C=O) groups excluding carboxylic acids is 1. The van der Waals surface area contributed by atoms with Gasteiger partial charge in [-0.05, 0) is 26.7 Å². The van der Waals surface area contributed by atoms with E-state index in [2.05, 4.69) is 0 Å². The van der Waals surface area contributed by atoms with Gasteiger partial charge in [-0.3, -0.25) is 0 Å².